The third kappa shape index (κ3) is 2.49. The largest absolute Gasteiger partial charge is 0.495 e. The van der Waals surface area contributed by atoms with Crippen molar-refractivity contribution in [3.8, 4) is 5.75 Å². The van der Waals surface area contributed by atoms with Crippen molar-refractivity contribution in [2.24, 2.45) is 0 Å². The van der Waals surface area contributed by atoms with Gasteiger partial charge in [0.15, 0.2) is 0 Å². The minimum Gasteiger partial charge on any atom is -0.495 e. The van der Waals surface area contributed by atoms with Crippen molar-refractivity contribution in [2.45, 2.75) is 13.0 Å². The molecule has 0 aliphatic rings. The number of nitrogens with one attached hydrogen (secondary N) is 1. The molecular formula is C14H17N3O. The molecule has 1 atom stereocenters. The van der Waals surface area contributed by atoms with Gasteiger partial charge in [0.2, 0.25) is 0 Å². The second-order valence-corrected chi connectivity index (χ2v) is 4.07. The number of aromatic nitrogens is 2. The molecule has 0 saturated heterocycles. The Hall–Kier alpha value is -1.94. The molecule has 4 nitrogen and oxygen atoms in total. The van der Waals surface area contributed by atoms with Gasteiger partial charge in [0.25, 0.3) is 0 Å². The molecular weight excluding hydrogens is 226 g/mol. The predicted octanol–water partition coefficient (Wildman–Crippen LogP) is 2.10. The van der Waals surface area contributed by atoms with Crippen LogP contribution in [0.1, 0.15) is 23.0 Å². The van der Waals surface area contributed by atoms with Gasteiger partial charge < -0.3 is 10.1 Å². The number of pyridine rings is 2. The van der Waals surface area contributed by atoms with E-state index in [4.69, 9.17) is 4.74 Å². The fraction of sp³-hybridized carbons (Fsp3) is 0.286. The molecule has 0 fully saturated rings. The lowest BCUT2D eigenvalue weighted by atomic mass is 10.1. The van der Waals surface area contributed by atoms with Crippen molar-refractivity contribution in [1.82, 2.24) is 15.3 Å². The Morgan fingerprint density at radius 2 is 2.06 bits per heavy atom. The number of nitrogens with zero attached hydrogens (tertiary/aromatic N) is 2. The summed E-state index contributed by atoms with van der Waals surface area (Å²) in [6.45, 7) is 2.05. The Kier molecular flexibility index (Phi) is 3.89. The van der Waals surface area contributed by atoms with Crippen LogP contribution in [0.5, 0.6) is 5.75 Å². The zero-order valence-corrected chi connectivity index (χ0v) is 10.8. The zero-order chi connectivity index (χ0) is 13.0. The van der Waals surface area contributed by atoms with Crippen LogP contribution in [0.25, 0.3) is 0 Å². The summed E-state index contributed by atoms with van der Waals surface area (Å²) >= 11 is 0. The zero-order valence-electron chi connectivity index (χ0n) is 10.8. The van der Waals surface area contributed by atoms with Gasteiger partial charge in [-0.15, -0.1) is 0 Å². The smallest absolute Gasteiger partial charge is 0.142 e. The van der Waals surface area contributed by atoms with Crippen LogP contribution >= 0.6 is 0 Å². The lowest BCUT2D eigenvalue weighted by molar-refractivity contribution is 0.401. The van der Waals surface area contributed by atoms with Gasteiger partial charge in [-0.2, -0.15) is 0 Å². The Bertz CT molecular complexity index is 528. The van der Waals surface area contributed by atoms with Gasteiger partial charge >= 0.3 is 0 Å². The average molecular weight is 243 g/mol. The van der Waals surface area contributed by atoms with Crippen LogP contribution in [0, 0.1) is 6.92 Å². The maximum absolute atomic E-state index is 5.35. The molecule has 0 aliphatic heterocycles. The normalized spacial score (nSPS) is 12.2. The second kappa shape index (κ2) is 5.60. The number of hydrogen-bond donors (Lipinski definition) is 1. The lowest BCUT2D eigenvalue weighted by Gasteiger charge is -2.17. The predicted molar refractivity (Wildman–Crippen MR) is 70.7 cm³/mol. The highest BCUT2D eigenvalue weighted by Gasteiger charge is 2.18. The van der Waals surface area contributed by atoms with E-state index in [1.807, 2.05) is 38.4 Å². The molecule has 1 unspecified atom stereocenters. The van der Waals surface area contributed by atoms with Crippen molar-refractivity contribution in [2.75, 3.05) is 14.2 Å². The summed E-state index contributed by atoms with van der Waals surface area (Å²) in [5, 5.41) is 3.23. The summed E-state index contributed by atoms with van der Waals surface area (Å²) in [7, 11) is 3.54. The summed E-state index contributed by atoms with van der Waals surface area (Å²) in [5.41, 5.74) is 2.96. The van der Waals surface area contributed by atoms with Crippen molar-refractivity contribution >= 4 is 0 Å². The molecule has 2 heterocycles. The number of aryl methyl sites for hydroxylation is 1. The fourth-order valence-corrected chi connectivity index (χ4v) is 1.93. The van der Waals surface area contributed by atoms with Gasteiger partial charge in [-0.05, 0) is 43.8 Å². The summed E-state index contributed by atoms with van der Waals surface area (Å²) in [6, 6.07) is 7.73. The molecule has 2 aromatic rings. The first-order chi connectivity index (χ1) is 8.76. The lowest BCUT2D eigenvalue weighted by Crippen LogP contribution is -2.20. The van der Waals surface area contributed by atoms with Gasteiger partial charge in [-0.25, -0.2) is 0 Å². The standard InChI is InChI=1S/C14H17N3O/c1-10-6-8-16-11(9-10)13(15-2)14-12(18-3)5-4-7-17-14/h4-9,13,15H,1-3H3. The molecule has 4 heteroatoms. The molecule has 1 N–H and O–H groups in total. The van der Waals surface area contributed by atoms with Crippen LogP contribution in [0.2, 0.25) is 0 Å². The third-order valence-corrected chi connectivity index (χ3v) is 2.81. The van der Waals surface area contributed by atoms with E-state index < -0.39 is 0 Å². The van der Waals surface area contributed by atoms with Crippen LogP contribution in [0.4, 0.5) is 0 Å². The van der Waals surface area contributed by atoms with E-state index in [0.29, 0.717) is 0 Å². The summed E-state index contributed by atoms with van der Waals surface area (Å²) in [6.07, 6.45) is 3.57. The molecule has 0 amide bonds. The Balaban J connectivity index is 2.45. The second-order valence-electron chi connectivity index (χ2n) is 4.07. The molecule has 0 aliphatic carbocycles. The summed E-state index contributed by atoms with van der Waals surface area (Å²) in [5.74, 6) is 0.764. The molecule has 0 spiro atoms. The molecule has 18 heavy (non-hydrogen) atoms. The minimum absolute atomic E-state index is 0.0685. The van der Waals surface area contributed by atoms with E-state index in [1.54, 1.807) is 13.3 Å². The molecule has 2 rings (SSSR count). The third-order valence-electron chi connectivity index (χ3n) is 2.81. The first kappa shape index (κ1) is 12.5. The van der Waals surface area contributed by atoms with E-state index in [-0.39, 0.29) is 6.04 Å². The molecule has 2 aromatic heterocycles. The van der Waals surface area contributed by atoms with Crippen LogP contribution < -0.4 is 10.1 Å². The quantitative estimate of drug-likeness (QED) is 0.893. The maximum atomic E-state index is 5.35. The molecule has 94 valence electrons. The van der Waals surface area contributed by atoms with Gasteiger partial charge in [-0.1, -0.05) is 0 Å². The number of hydrogen-bond acceptors (Lipinski definition) is 4. The van der Waals surface area contributed by atoms with E-state index in [0.717, 1.165) is 17.1 Å². The van der Waals surface area contributed by atoms with Crippen LogP contribution in [-0.4, -0.2) is 24.1 Å². The van der Waals surface area contributed by atoms with Gasteiger partial charge in [0.1, 0.15) is 11.4 Å². The molecule has 0 saturated carbocycles. The van der Waals surface area contributed by atoms with E-state index in [2.05, 4.69) is 21.4 Å². The number of rotatable bonds is 4. The van der Waals surface area contributed by atoms with E-state index in [9.17, 15) is 0 Å². The highest BCUT2D eigenvalue weighted by molar-refractivity contribution is 5.35. The van der Waals surface area contributed by atoms with E-state index >= 15 is 0 Å². The van der Waals surface area contributed by atoms with Crippen molar-refractivity contribution in [1.29, 1.82) is 0 Å². The summed E-state index contributed by atoms with van der Waals surface area (Å²) in [4.78, 5) is 8.80. The van der Waals surface area contributed by atoms with Gasteiger partial charge in [0, 0.05) is 12.4 Å². The number of methoxy groups -OCH3 is 1. The van der Waals surface area contributed by atoms with Crippen LogP contribution in [0.15, 0.2) is 36.7 Å². The SMILES string of the molecule is CNC(c1cc(C)ccn1)c1ncccc1OC. The minimum atomic E-state index is -0.0685. The fourth-order valence-electron chi connectivity index (χ4n) is 1.93. The first-order valence-electron chi connectivity index (χ1n) is 5.85. The monoisotopic (exact) mass is 243 g/mol. The Morgan fingerprint density at radius 1 is 1.22 bits per heavy atom. The number of ether oxygens (including phenoxy) is 1. The molecule has 0 aromatic carbocycles. The highest BCUT2D eigenvalue weighted by atomic mass is 16.5. The van der Waals surface area contributed by atoms with Gasteiger partial charge in [-0.3, -0.25) is 9.97 Å². The Labute approximate surface area is 107 Å². The highest BCUT2D eigenvalue weighted by Crippen LogP contribution is 2.26. The van der Waals surface area contributed by atoms with Crippen molar-refractivity contribution in [3.05, 3.63) is 53.6 Å². The first-order valence-corrected chi connectivity index (χ1v) is 5.85. The van der Waals surface area contributed by atoms with Crippen molar-refractivity contribution < 1.29 is 4.74 Å². The van der Waals surface area contributed by atoms with Crippen molar-refractivity contribution in [3.63, 3.8) is 0 Å². The maximum Gasteiger partial charge on any atom is 0.142 e. The van der Waals surface area contributed by atoms with Crippen LogP contribution in [0.3, 0.4) is 0 Å². The summed E-state index contributed by atoms with van der Waals surface area (Å²) < 4.78 is 5.35. The molecule has 0 radical (unpaired) electrons. The Morgan fingerprint density at radius 3 is 2.72 bits per heavy atom. The average Bonchev–Trinajstić information content (AvgIpc) is 2.40. The topological polar surface area (TPSA) is 47.0 Å². The van der Waals surface area contributed by atoms with Crippen LogP contribution in [-0.2, 0) is 0 Å². The van der Waals surface area contributed by atoms with Gasteiger partial charge in [0.05, 0.1) is 18.8 Å². The van der Waals surface area contributed by atoms with E-state index in [1.165, 1.54) is 5.56 Å². The molecule has 0 bridgehead atoms.